The van der Waals surface area contributed by atoms with E-state index in [1.54, 1.807) is 90.0 Å². The van der Waals surface area contributed by atoms with Crippen molar-refractivity contribution in [1.29, 1.82) is 0 Å². The lowest BCUT2D eigenvalue weighted by Crippen LogP contribution is -2.45. The Kier molecular flexibility index (Phi) is 33.7. The number of aliphatic carboxylic acids is 2. The molecular weight excluding hydrogens is 854 g/mol. The zero-order chi connectivity index (χ0) is 52.2. The van der Waals surface area contributed by atoms with E-state index in [0.717, 1.165) is 0 Å². The van der Waals surface area contributed by atoms with E-state index in [1.165, 1.54) is 6.92 Å². The minimum absolute atomic E-state index is 0.231. The first kappa shape index (κ1) is 68.0. The smallest absolute Gasteiger partial charge is 0.480 e. The van der Waals surface area contributed by atoms with Gasteiger partial charge in [-0.25, -0.2) is 29.0 Å². The van der Waals surface area contributed by atoms with Gasteiger partial charge in [-0.3, -0.25) is 9.59 Å². The van der Waals surface area contributed by atoms with E-state index in [0.29, 0.717) is 6.02 Å². The molecule has 11 N–H and O–H groups in total. The van der Waals surface area contributed by atoms with Crippen LogP contribution in [-0.4, -0.2) is 157 Å². The molecule has 0 aliphatic carbocycles. The number of alkyl carbamates (subject to hydrolysis) is 2. The van der Waals surface area contributed by atoms with Gasteiger partial charge in [0, 0.05) is 6.04 Å². The number of hydrogen-bond donors (Lipinski definition) is 10. The fourth-order valence-electron chi connectivity index (χ4n) is 2.85. The van der Waals surface area contributed by atoms with Crippen molar-refractivity contribution >= 4 is 48.2 Å². The zero-order valence-electron chi connectivity index (χ0n) is 41.0. The molecule has 0 aromatic rings. The average Bonchev–Trinajstić information content (AvgIpc) is 3.01. The summed E-state index contributed by atoms with van der Waals surface area (Å²) in [7, 11) is 0. The maximum atomic E-state index is 11.1. The number of aliphatic hydroxyl groups excluding tert-OH is 4. The number of nitrogens with one attached hydrogen (secondary N) is 3. The van der Waals surface area contributed by atoms with Crippen molar-refractivity contribution in [2.45, 2.75) is 190 Å². The summed E-state index contributed by atoms with van der Waals surface area (Å²) in [5.41, 5.74) is 1.76. The van der Waals surface area contributed by atoms with Crippen LogP contribution in [0.15, 0.2) is 4.99 Å². The molecule has 0 fully saturated rings. The fourth-order valence-corrected chi connectivity index (χ4v) is 2.85. The van der Waals surface area contributed by atoms with Crippen LogP contribution in [0.1, 0.15) is 132 Å². The standard InChI is InChI=1S/C10H22N2O2.C10H18O5.C9H17NO4.C8H15NO5.C3H7NO3/c1-7(2)11-9(12-8(3)13)14-10(4,5)6;1-9(2,3)14-7(11)13-8(12)15-10(4,5)6;1-6(12)7(5-11)10-8(13)14-9(2,3)4;1-8(2,3)14-7(13)9-5(4-10)6(11)12;4-2(1-5)3(6)7/h7-8,13H,1-6H3,(H,11,12);1-6H3;7,11H,5H2,1-4H3,(H,10,13);5,10H,4H2,1-3H3,(H,9,13)(H,11,12);2,5H,1,4H2,(H,6,7)/t;;7-;5-;2-/m..000/s1. The summed E-state index contributed by atoms with van der Waals surface area (Å²) in [6.45, 7) is 31.2. The number of carbonyl (C=O) groups excluding carboxylic acids is 5. The molecule has 4 atom stereocenters. The molecule has 0 heterocycles. The molecule has 0 aliphatic rings. The van der Waals surface area contributed by atoms with E-state index in [-0.39, 0.29) is 17.4 Å². The number of carboxylic acid groups (broad SMARTS) is 2. The number of hydrogen-bond acceptors (Lipinski definition) is 19. The predicted octanol–water partition coefficient (Wildman–Crippen LogP) is 3.18. The lowest BCUT2D eigenvalue weighted by Gasteiger charge is -2.24. The van der Waals surface area contributed by atoms with Crippen molar-refractivity contribution in [3.63, 3.8) is 0 Å². The average molecular weight is 934 g/mol. The molecule has 0 radical (unpaired) electrons. The third kappa shape index (κ3) is 53.1. The number of nitrogens with zero attached hydrogens (tertiary/aromatic N) is 1. The van der Waals surface area contributed by atoms with Gasteiger partial charge in [-0.15, -0.1) is 0 Å². The summed E-state index contributed by atoms with van der Waals surface area (Å²) in [4.78, 5) is 79.0. The minimum atomic E-state index is -1.33. The fraction of sp³-hybridized carbons (Fsp3) is 0.800. The van der Waals surface area contributed by atoms with Gasteiger partial charge in [0.2, 0.25) is 0 Å². The Bertz CT molecular complexity index is 1360. The number of ether oxygens (including phenoxy) is 6. The highest BCUT2D eigenvalue weighted by Crippen LogP contribution is 2.12. The van der Waals surface area contributed by atoms with Crippen LogP contribution in [0.5, 0.6) is 0 Å². The van der Waals surface area contributed by atoms with E-state index in [9.17, 15) is 33.6 Å². The number of aliphatic imine (C=N–C) groups is 1. The van der Waals surface area contributed by atoms with Gasteiger partial charge in [0.15, 0.2) is 11.8 Å². The first-order valence-electron chi connectivity index (χ1n) is 19.8. The number of Topliss-reactive ketones (excluding diaryl/α,β-unsaturated/α-hetero) is 1. The van der Waals surface area contributed by atoms with Crippen molar-refractivity contribution < 1.29 is 92.6 Å². The Hall–Kier alpha value is -5.04. The number of carboxylic acids is 2. The maximum Gasteiger partial charge on any atom is 0.519 e. The third-order valence-electron chi connectivity index (χ3n) is 5.11. The van der Waals surface area contributed by atoms with E-state index >= 15 is 0 Å². The Balaban J connectivity index is -0.000000230. The Morgan fingerprint density at radius 1 is 0.531 bits per heavy atom. The van der Waals surface area contributed by atoms with Crippen molar-refractivity contribution in [3.05, 3.63) is 0 Å². The molecule has 64 heavy (non-hydrogen) atoms. The van der Waals surface area contributed by atoms with E-state index in [2.05, 4.69) is 20.4 Å². The molecule has 0 bridgehead atoms. The molecule has 0 saturated heterocycles. The normalized spacial score (nSPS) is 13.4. The topological polar surface area (TPSA) is 371 Å². The summed E-state index contributed by atoms with van der Waals surface area (Å²) in [5.74, 6) is -2.79. The Morgan fingerprint density at radius 2 is 0.859 bits per heavy atom. The largest absolute Gasteiger partial charge is 0.519 e. The number of ketones is 1. The second kappa shape index (κ2) is 31.7. The van der Waals surface area contributed by atoms with Crippen LogP contribution in [0.4, 0.5) is 19.2 Å². The van der Waals surface area contributed by atoms with Gasteiger partial charge >= 0.3 is 36.4 Å². The van der Waals surface area contributed by atoms with E-state index in [4.69, 9.17) is 60.1 Å². The van der Waals surface area contributed by atoms with Crippen LogP contribution in [0.3, 0.4) is 0 Å². The molecule has 24 nitrogen and oxygen atoms in total. The first-order valence-corrected chi connectivity index (χ1v) is 19.8. The van der Waals surface area contributed by atoms with Crippen LogP contribution >= 0.6 is 0 Å². The number of carbonyl (C=O) groups is 7. The summed E-state index contributed by atoms with van der Waals surface area (Å²) in [6, 6.07) is -2.72. The van der Waals surface area contributed by atoms with Gasteiger partial charge in [0.05, 0.1) is 19.8 Å². The van der Waals surface area contributed by atoms with E-state index in [1.807, 2.05) is 39.9 Å². The van der Waals surface area contributed by atoms with Crippen molar-refractivity contribution in [2.24, 2.45) is 10.7 Å². The van der Waals surface area contributed by atoms with Crippen LogP contribution < -0.4 is 21.7 Å². The van der Waals surface area contributed by atoms with Gasteiger partial charge in [0.25, 0.3) is 6.02 Å². The summed E-state index contributed by atoms with van der Waals surface area (Å²) >= 11 is 0. The number of amidine groups is 1. The molecule has 2 amide bonds. The number of nitrogens with two attached hydrogens (primary N) is 1. The van der Waals surface area contributed by atoms with Crippen molar-refractivity contribution in [3.8, 4) is 0 Å². The van der Waals surface area contributed by atoms with Crippen LogP contribution in [-0.2, 0) is 42.8 Å². The van der Waals surface area contributed by atoms with Crippen LogP contribution in [0.25, 0.3) is 0 Å². The Morgan fingerprint density at radius 3 is 1.06 bits per heavy atom. The van der Waals surface area contributed by atoms with Crippen LogP contribution in [0, 0.1) is 0 Å². The monoisotopic (exact) mass is 934 g/mol. The van der Waals surface area contributed by atoms with Gasteiger partial charge in [-0.05, 0) is 132 Å². The highest BCUT2D eigenvalue weighted by molar-refractivity contribution is 5.85. The minimum Gasteiger partial charge on any atom is -0.480 e. The quantitative estimate of drug-likeness (QED) is 0.0494. The lowest BCUT2D eigenvalue weighted by molar-refractivity contribution is -0.141. The molecule has 0 spiro atoms. The molecule has 0 aromatic heterocycles. The molecule has 0 saturated carbocycles. The molecule has 24 heteroatoms. The van der Waals surface area contributed by atoms with Crippen molar-refractivity contribution in [1.82, 2.24) is 16.0 Å². The number of aliphatic hydroxyl groups is 4. The van der Waals surface area contributed by atoms with Gasteiger partial charge in [0.1, 0.15) is 46.3 Å². The molecule has 1 unspecified atom stereocenters. The van der Waals surface area contributed by atoms with Crippen LogP contribution in [0.2, 0.25) is 0 Å². The highest BCUT2D eigenvalue weighted by atomic mass is 16.8. The predicted molar refractivity (Wildman–Crippen MR) is 233 cm³/mol. The number of rotatable bonds is 10. The van der Waals surface area contributed by atoms with Crippen molar-refractivity contribution in [2.75, 3.05) is 19.8 Å². The summed E-state index contributed by atoms with van der Waals surface area (Å²) in [6.07, 6.45) is -4.43. The maximum absolute atomic E-state index is 11.1. The zero-order valence-corrected chi connectivity index (χ0v) is 41.0. The molecular formula is C40H79N5O19. The molecule has 0 aromatic carbocycles. The highest BCUT2D eigenvalue weighted by Gasteiger charge is 2.25. The molecule has 0 rings (SSSR count). The number of amides is 2. The Labute approximate surface area is 376 Å². The molecule has 378 valence electrons. The second-order valence-electron chi connectivity index (χ2n) is 18.4. The summed E-state index contributed by atoms with van der Waals surface area (Å²) < 4.78 is 29.0. The van der Waals surface area contributed by atoms with Gasteiger partial charge in [-0.1, -0.05) is 0 Å². The van der Waals surface area contributed by atoms with Gasteiger partial charge in [-0.2, -0.15) is 0 Å². The molecule has 0 aliphatic heterocycles. The third-order valence-corrected chi connectivity index (χ3v) is 5.11. The van der Waals surface area contributed by atoms with E-state index < -0.39 is 103 Å². The lowest BCUT2D eigenvalue weighted by atomic mass is 10.2. The second-order valence-corrected chi connectivity index (χ2v) is 18.4. The van der Waals surface area contributed by atoms with Gasteiger partial charge < -0.3 is 80.7 Å². The first-order chi connectivity index (χ1) is 28.4. The summed E-state index contributed by atoms with van der Waals surface area (Å²) in [5, 5.41) is 58.2. The SMILES string of the molecule is CC(=O)[C@H](CO)NC(=O)OC(C)(C)C.CC(C)(C)OC(=O)N[C@@H](CO)C(=O)O.CC(C)(C)OC(=O)OC(=O)OC(C)(C)C.CC(O)N=C(NC(C)C)OC(C)(C)C.N[C@@H](CO)C(=O)O.